The van der Waals surface area contributed by atoms with Crippen LogP contribution in [0.25, 0.3) is 11.1 Å². The van der Waals surface area contributed by atoms with Gasteiger partial charge in [0, 0.05) is 17.2 Å². The molecule has 0 saturated heterocycles. The number of methoxy groups -OCH3 is 3. The first-order valence-electron chi connectivity index (χ1n) is 6.21. The molecule has 20 heavy (non-hydrogen) atoms. The lowest BCUT2D eigenvalue weighted by Gasteiger charge is -2.14. The van der Waals surface area contributed by atoms with E-state index in [2.05, 4.69) is 0 Å². The van der Waals surface area contributed by atoms with Gasteiger partial charge >= 0.3 is 0 Å². The number of rotatable bonds is 5. The summed E-state index contributed by atoms with van der Waals surface area (Å²) in [5.41, 5.74) is 2.43. The zero-order valence-electron chi connectivity index (χ0n) is 11.8. The van der Waals surface area contributed by atoms with Gasteiger partial charge in [0.2, 0.25) is 0 Å². The Morgan fingerprint density at radius 2 is 1.50 bits per heavy atom. The Morgan fingerprint density at radius 1 is 0.850 bits per heavy atom. The van der Waals surface area contributed by atoms with Gasteiger partial charge in [0.05, 0.1) is 21.3 Å². The maximum Gasteiger partial charge on any atom is 0.130 e. The monoisotopic (exact) mass is 273 g/mol. The highest BCUT2D eigenvalue weighted by molar-refractivity contribution is 5.73. The molecule has 0 spiro atoms. The minimum absolute atomic E-state index is 0.337. The minimum atomic E-state index is -0.337. The molecular formula is C16H17O4. The van der Waals surface area contributed by atoms with E-state index in [1.807, 2.05) is 30.3 Å². The van der Waals surface area contributed by atoms with E-state index in [-0.39, 0.29) is 6.61 Å². The molecular weight excluding hydrogens is 256 g/mol. The molecule has 0 aliphatic carbocycles. The fourth-order valence-electron chi connectivity index (χ4n) is 2.07. The fraction of sp³-hybridized carbons (Fsp3) is 0.250. The number of hydrogen-bond donors (Lipinski definition) is 0. The average molecular weight is 273 g/mol. The van der Waals surface area contributed by atoms with Crippen LogP contribution in [0.3, 0.4) is 0 Å². The molecule has 0 saturated carbocycles. The lowest BCUT2D eigenvalue weighted by molar-refractivity contribution is 0.174. The zero-order valence-corrected chi connectivity index (χ0v) is 11.8. The number of hydrogen-bond acceptors (Lipinski definition) is 3. The summed E-state index contributed by atoms with van der Waals surface area (Å²) >= 11 is 0. The molecule has 0 unspecified atom stereocenters. The van der Waals surface area contributed by atoms with E-state index in [0.29, 0.717) is 17.1 Å². The summed E-state index contributed by atoms with van der Waals surface area (Å²) in [5, 5.41) is 11.3. The van der Waals surface area contributed by atoms with Crippen LogP contribution in [0.15, 0.2) is 36.4 Å². The molecule has 0 amide bonds. The fourth-order valence-corrected chi connectivity index (χ4v) is 2.07. The maximum absolute atomic E-state index is 11.3. The van der Waals surface area contributed by atoms with Gasteiger partial charge < -0.3 is 14.2 Å². The molecule has 0 aliphatic rings. The van der Waals surface area contributed by atoms with Crippen molar-refractivity contribution < 1.29 is 19.3 Å². The van der Waals surface area contributed by atoms with Crippen molar-refractivity contribution in [1.29, 1.82) is 0 Å². The van der Waals surface area contributed by atoms with Gasteiger partial charge in [0.1, 0.15) is 23.9 Å². The highest BCUT2D eigenvalue weighted by Gasteiger charge is 2.12. The smallest absolute Gasteiger partial charge is 0.130 e. The highest BCUT2D eigenvalue weighted by Crippen LogP contribution is 2.36. The van der Waals surface area contributed by atoms with Crippen molar-refractivity contribution in [2.45, 2.75) is 6.61 Å². The lowest BCUT2D eigenvalue weighted by Crippen LogP contribution is -1.96. The van der Waals surface area contributed by atoms with Gasteiger partial charge in [0.15, 0.2) is 0 Å². The molecule has 0 bridgehead atoms. The van der Waals surface area contributed by atoms with Crippen molar-refractivity contribution in [3.8, 4) is 28.4 Å². The Kier molecular flexibility index (Phi) is 4.48. The molecule has 2 aromatic carbocycles. The first-order valence-corrected chi connectivity index (χ1v) is 6.21. The van der Waals surface area contributed by atoms with Crippen molar-refractivity contribution in [3.05, 3.63) is 42.0 Å². The van der Waals surface area contributed by atoms with Crippen LogP contribution in [0.4, 0.5) is 0 Å². The Morgan fingerprint density at radius 3 is 2.00 bits per heavy atom. The van der Waals surface area contributed by atoms with Gasteiger partial charge in [-0.1, -0.05) is 12.1 Å². The first-order chi connectivity index (χ1) is 9.73. The van der Waals surface area contributed by atoms with E-state index in [1.54, 1.807) is 27.4 Å². The molecule has 1 radical (unpaired) electrons. The summed E-state index contributed by atoms with van der Waals surface area (Å²) in [4.78, 5) is 0. The van der Waals surface area contributed by atoms with Crippen LogP contribution in [0.1, 0.15) is 5.56 Å². The second kappa shape index (κ2) is 6.30. The predicted octanol–water partition coefficient (Wildman–Crippen LogP) is 3.31. The van der Waals surface area contributed by atoms with E-state index in [0.717, 1.165) is 16.9 Å². The number of ether oxygens (including phenoxy) is 3. The van der Waals surface area contributed by atoms with Crippen molar-refractivity contribution >= 4 is 0 Å². The molecule has 0 aromatic heterocycles. The van der Waals surface area contributed by atoms with Crippen molar-refractivity contribution in [2.75, 3.05) is 21.3 Å². The summed E-state index contributed by atoms with van der Waals surface area (Å²) in [7, 11) is 4.76. The van der Waals surface area contributed by atoms with Gasteiger partial charge in [-0.2, -0.15) is 0 Å². The average Bonchev–Trinajstić information content (AvgIpc) is 2.53. The summed E-state index contributed by atoms with van der Waals surface area (Å²) in [5.74, 6) is 2.00. The predicted molar refractivity (Wildman–Crippen MR) is 75.9 cm³/mol. The Labute approximate surface area is 118 Å². The van der Waals surface area contributed by atoms with Crippen molar-refractivity contribution in [1.82, 2.24) is 0 Å². The van der Waals surface area contributed by atoms with E-state index in [9.17, 15) is 5.11 Å². The molecule has 0 N–H and O–H groups in total. The molecule has 4 heteroatoms. The van der Waals surface area contributed by atoms with Crippen LogP contribution in [0.2, 0.25) is 0 Å². The van der Waals surface area contributed by atoms with E-state index in [4.69, 9.17) is 14.2 Å². The zero-order chi connectivity index (χ0) is 14.5. The molecule has 0 aliphatic heterocycles. The van der Waals surface area contributed by atoms with E-state index in [1.165, 1.54) is 0 Å². The molecule has 4 nitrogen and oxygen atoms in total. The third-order valence-electron chi connectivity index (χ3n) is 3.16. The van der Waals surface area contributed by atoms with Crippen molar-refractivity contribution in [3.63, 3.8) is 0 Å². The van der Waals surface area contributed by atoms with Crippen LogP contribution >= 0.6 is 0 Å². The molecule has 2 rings (SSSR count). The summed E-state index contributed by atoms with van der Waals surface area (Å²) in [6.07, 6.45) is 0. The van der Waals surface area contributed by atoms with Crippen LogP contribution < -0.4 is 14.2 Å². The highest BCUT2D eigenvalue weighted by atomic mass is 16.5. The topological polar surface area (TPSA) is 47.6 Å². The molecule has 0 fully saturated rings. The third kappa shape index (κ3) is 2.70. The summed E-state index contributed by atoms with van der Waals surface area (Å²) in [6.45, 7) is -0.337. The van der Waals surface area contributed by atoms with Gasteiger partial charge in [-0.3, -0.25) is 0 Å². The number of benzene rings is 2. The van der Waals surface area contributed by atoms with Gasteiger partial charge in [-0.05, 0) is 23.8 Å². The second-order valence-electron chi connectivity index (χ2n) is 4.24. The standard InChI is InChI=1S/C16H17O4/c1-18-13-6-4-11(5-7-13)14-8-12(10-17)15(19-2)9-16(14)20-3/h4-9H,10H2,1-3H3. The van der Waals surface area contributed by atoms with Gasteiger partial charge in [-0.25, -0.2) is 5.11 Å². The van der Waals surface area contributed by atoms with Crippen LogP contribution in [0, 0.1) is 0 Å². The molecule has 2 aromatic rings. The van der Waals surface area contributed by atoms with E-state index < -0.39 is 0 Å². The van der Waals surface area contributed by atoms with Crippen LogP contribution in [0.5, 0.6) is 17.2 Å². The third-order valence-corrected chi connectivity index (χ3v) is 3.16. The molecule has 0 heterocycles. The van der Waals surface area contributed by atoms with Gasteiger partial charge in [-0.15, -0.1) is 0 Å². The van der Waals surface area contributed by atoms with Crippen LogP contribution in [-0.2, 0) is 11.7 Å². The maximum atomic E-state index is 11.3. The normalized spacial score (nSPS) is 10.2. The van der Waals surface area contributed by atoms with Crippen LogP contribution in [-0.4, -0.2) is 21.3 Å². The minimum Gasteiger partial charge on any atom is -0.497 e. The lowest BCUT2D eigenvalue weighted by atomic mass is 10.0. The van der Waals surface area contributed by atoms with E-state index >= 15 is 0 Å². The Hall–Kier alpha value is -2.20. The quantitative estimate of drug-likeness (QED) is 0.839. The largest absolute Gasteiger partial charge is 0.497 e. The van der Waals surface area contributed by atoms with Gasteiger partial charge in [0.25, 0.3) is 0 Å². The Bertz CT molecular complexity index is 576. The van der Waals surface area contributed by atoms with Crippen molar-refractivity contribution in [2.24, 2.45) is 0 Å². The summed E-state index contributed by atoms with van der Waals surface area (Å²) < 4.78 is 15.7. The molecule has 105 valence electrons. The SMILES string of the molecule is COc1ccc(-c2cc(C[O])c(OC)cc2OC)cc1. The first kappa shape index (κ1) is 14.2. The Balaban J connectivity index is 2.53. The summed E-state index contributed by atoms with van der Waals surface area (Å²) in [6, 6.07) is 11.2. The second-order valence-corrected chi connectivity index (χ2v) is 4.24. The molecule has 0 atom stereocenters.